The molecule has 2 N–H and O–H groups in total. The number of imidazole rings is 1. The fourth-order valence-electron chi connectivity index (χ4n) is 2.94. The fraction of sp³-hybridized carbons (Fsp3) is 0.238. The third kappa shape index (κ3) is 3.26. The third-order valence-corrected chi connectivity index (χ3v) is 4.52. The number of carbonyl (C=O) groups excluding carboxylic acids is 1. The summed E-state index contributed by atoms with van der Waals surface area (Å²) in [5, 5.41) is 2.81. The largest absolute Gasteiger partial charge is 0.324 e. The number of aromatic nitrogens is 4. The molecule has 4 rings (SSSR count). The lowest BCUT2D eigenvalue weighted by atomic mass is 9.96. The molecule has 0 aliphatic carbocycles. The van der Waals surface area contributed by atoms with Gasteiger partial charge in [0, 0.05) is 23.4 Å². The summed E-state index contributed by atoms with van der Waals surface area (Å²) in [6.45, 7) is 7.36. The maximum absolute atomic E-state index is 12.2. The van der Waals surface area contributed by atoms with Gasteiger partial charge in [0.25, 0.3) is 5.56 Å². The maximum Gasteiger partial charge on any atom is 0.258 e. The van der Waals surface area contributed by atoms with Crippen LogP contribution in [0.1, 0.15) is 26.5 Å². The van der Waals surface area contributed by atoms with Gasteiger partial charge in [-0.2, -0.15) is 0 Å². The van der Waals surface area contributed by atoms with Crippen LogP contribution in [0, 0.1) is 12.3 Å². The van der Waals surface area contributed by atoms with Crippen LogP contribution in [0.3, 0.4) is 0 Å². The number of nitrogens with one attached hydrogen (secondary N) is 2. The number of aryl methyl sites for hydroxylation is 1. The van der Waals surface area contributed by atoms with E-state index >= 15 is 0 Å². The average molecular weight is 375 g/mol. The second-order valence-corrected chi connectivity index (χ2v) is 7.90. The van der Waals surface area contributed by atoms with Gasteiger partial charge in [-0.1, -0.05) is 26.8 Å². The molecule has 3 heterocycles. The van der Waals surface area contributed by atoms with Crippen LogP contribution in [-0.2, 0) is 4.79 Å². The van der Waals surface area contributed by atoms with E-state index in [1.807, 2.05) is 51.1 Å². The van der Waals surface area contributed by atoms with E-state index in [1.54, 1.807) is 13.1 Å². The second-order valence-electron chi connectivity index (χ2n) is 7.90. The monoisotopic (exact) mass is 375 g/mol. The lowest BCUT2D eigenvalue weighted by molar-refractivity contribution is -0.123. The zero-order valence-corrected chi connectivity index (χ0v) is 16.2. The van der Waals surface area contributed by atoms with Crippen molar-refractivity contribution in [3.63, 3.8) is 0 Å². The van der Waals surface area contributed by atoms with Gasteiger partial charge in [0.15, 0.2) is 0 Å². The van der Waals surface area contributed by atoms with Crippen molar-refractivity contribution in [2.45, 2.75) is 27.7 Å². The molecule has 0 unspecified atom stereocenters. The topological polar surface area (TPSA) is 92.2 Å². The Morgan fingerprint density at radius 2 is 1.82 bits per heavy atom. The van der Waals surface area contributed by atoms with Crippen LogP contribution < -0.4 is 10.9 Å². The van der Waals surface area contributed by atoms with E-state index in [9.17, 15) is 9.59 Å². The number of hydrogen-bond donors (Lipinski definition) is 2. The number of H-pyrrole nitrogens is 1. The van der Waals surface area contributed by atoms with Crippen molar-refractivity contribution < 1.29 is 4.79 Å². The quantitative estimate of drug-likeness (QED) is 0.561. The van der Waals surface area contributed by atoms with Crippen LogP contribution in [0.15, 0.2) is 47.4 Å². The number of pyridine rings is 1. The van der Waals surface area contributed by atoms with Gasteiger partial charge in [-0.3, -0.25) is 19.3 Å². The van der Waals surface area contributed by atoms with Crippen molar-refractivity contribution in [3.05, 3.63) is 58.6 Å². The lowest BCUT2D eigenvalue weighted by Gasteiger charge is -2.15. The molecule has 0 aliphatic rings. The summed E-state index contributed by atoms with van der Waals surface area (Å²) in [5.41, 5.74) is 4.17. The number of rotatable bonds is 2. The summed E-state index contributed by atoms with van der Waals surface area (Å²) in [4.78, 5) is 36.3. The van der Waals surface area contributed by atoms with Gasteiger partial charge in [0.1, 0.15) is 5.65 Å². The normalized spacial score (nSPS) is 11.9. The molecule has 0 aliphatic heterocycles. The number of benzene rings is 1. The van der Waals surface area contributed by atoms with Crippen LogP contribution >= 0.6 is 0 Å². The van der Waals surface area contributed by atoms with Crippen molar-refractivity contribution in [1.82, 2.24) is 19.4 Å². The molecule has 0 saturated carbocycles. The molecular weight excluding hydrogens is 354 g/mol. The predicted molar refractivity (Wildman–Crippen MR) is 109 cm³/mol. The highest BCUT2D eigenvalue weighted by Crippen LogP contribution is 2.25. The minimum atomic E-state index is -0.502. The molecule has 4 aromatic rings. The minimum Gasteiger partial charge on any atom is -0.324 e. The smallest absolute Gasteiger partial charge is 0.258 e. The van der Waals surface area contributed by atoms with Crippen LogP contribution in [0.4, 0.5) is 5.95 Å². The van der Waals surface area contributed by atoms with E-state index in [-0.39, 0.29) is 11.5 Å². The summed E-state index contributed by atoms with van der Waals surface area (Å²) in [6, 6.07) is 11.1. The molecule has 0 spiro atoms. The second kappa shape index (κ2) is 6.30. The third-order valence-electron chi connectivity index (χ3n) is 4.52. The highest BCUT2D eigenvalue weighted by atomic mass is 16.2. The average Bonchev–Trinajstić information content (AvgIpc) is 3.01. The van der Waals surface area contributed by atoms with E-state index in [0.717, 1.165) is 22.2 Å². The van der Waals surface area contributed by atoms with E-state index < -0.39 is 5.41 Å². The van der Waals surface area contributed by atoms with Gasteiger partial charge in [0.05, 0.1) is 11.0 Å². The summed E-state index contributed by atoms with van der Waals surface area (Å²) >= 11 is 0. The van der Waals surface area contributed by atoms with Crippen molar-refractivity contribution >= 4 is 28.5 Å². The van der Waals surface area contributed by atoms with Crippen molar-refractivity contribution in [2.24, 2.45) is 5.41 Å². The molecule has 28 heavy (non-hydrogen) atoms. The summed E-state index contributed by atoms with van der Waals surface area (Å²) in [6.07, 6.45) is 1.73. The van der Waals surface area contributed by atoms with Gasteiger partial charge >= 0.3 is 0 Å². The Labute approximate surface area is 161 Å². The van der Waals surface area contributed by atoms with E-state index in [0.29, 0.717) is 17.3 Å². The molecule has 0 saturated heterocycles. The van der Waals surface area contributed by atoms with Gasteiger partial charge in [0.2, 0.25) is 11.9 Å². The number of amides is 1. The van der Waals surface area contributed by atoms with Gasteiger partial charge in [-0.25, -0.2) is 9.97 Å². The number of fused-ring (bicyclic) bond motifs is 2. The highest BCUT2D eigenvalue weighted by molar-refractivity contribution is 5.95. The first-order valence-electron chi connectivity index (χ1n) is 9.02. The van der Waals surface area contributed by atoms with Gasteiger partial charge < -0.3 is 4.98 Å². The summed E-state index contributed by atoms with van der Waals surface area (Å²) in [7, 11) is 0. The summed E-state index contributed by atoms with van der Waals surface area (Å²) in [5.74, 6) is 0.322. The Hall–Kier alpha value is -3.48. The van der Waals surface area contributed by atoms with Crippen molar-refractivity contribution in [2.75, 3.05) is 5.32 Å². The number of aromatic amines is 1. The molecule has 0 atom stereocenters. The molecule has 7 heteroatoms. The lowest BCUT2D eigenvalue weighted by Crippen LogP contribution is -2.28. The number of carbonyl (C=O) groups is 1. The molecular formula is C21H21N5O2. The molecule has 0 bridgehead atoms. The minimum absolute atomic E-state index is 0.0997. The number of hydrogen-bond acceptors (Lipinski definition) is 4. The zero-order valence-electron chi connectivity index (χ0n) is 16.2. The van der Waals surface area contributed by atoms with Crippen LogP contribution in [0.25, 0.3) is 27.8 Å². The van der Waals surface area contributed by atoms with Crippen molar-refractivity contribution in [1.29, 1.82) is 0 Å². The Morgan fingerprint density at radius 3 is 2.57 bits per heavy atom. The van der Waals surface area contributed by atoms with Crippen LogP contribution in [0.2, 0.25) is 0 Å². The first-order valence-corrected chi connectivity index (χ1v) is 9.02. The fourth-order valence-corrected chi connectivity index (χ4v) is 2.94. The zero-order chi connectivity index (χ0) is 20.1. The maximum atomic E-state index is 12.2. The number of nitrogens with zero attached hydrogens (tertiary/aromatic N) is 3. The Bertz CT molecular complexity index is 1280. The van der Waals surface area contributed by atoms with Gasteiger partial charge in [-0.05, 0) is 42.3 Å². The Kier molecular flexibility index (Phi) is 4.03. The number of anilines is 1. The SMILES string of the molecule is Cc1cc(=O)n2ccc(-c3ccc4nc(NC(=O)C(C)(C)C)[nH]c4c3)cc2n1. The molecule has 1 aromatic carbocycles. The van der Waals surface area contributed by atoms with E-state index in [1.165, 1.54) is 10.5 Å². The molecule has 0 fully saturated rings. The van der Waals surface area contributed by atoms with Crippen molar-refractivity contribution in [3.8, 4) is 11.1 Å². The first kappa shape index (κ1) is 17.9. The summed E-state index contributed by atoms with van der Waals surface area (Å²) < 4.78 is 1.52. The molecule has 7 nitrogen and oxygen atoms in total. The first-order chi connectivity index (χ1) is 13.2. The van der Waals surface area contributed by atoms with E-state index in [4.69, 9.17) is 0 Å². The standard InChI is InChI=1S/C21H21N5O2/c1-12-9-18(27)26-8-7-14(11-17(26)22-12)13-5-6-15-16(10-13)24-20(23-15)25-19(28)21(2,3)4/h5-11H,1-4H3,(H2,23,24,25,28). The molecule has 142 valence electrons. The highest BCUT2D eigenvalue weighted by Gasteiger charge is 2.22. The predicted octanol–water partition coefficient (Wildman–Crippen LogP) is 3.53. The molecule has 3 aromatic heterocycles. The van der Waals surface area contributed by atoms with Gasteiger partial charge in [-0.15, -0.1) is 0 Å². The van der Waals surface area contributed by atoms with Crippen LogP contribution in [-0.4, -0.2) is 25.3 Å². The molecule has 1 amide bonds. The van der Waals surface area contributed by atoms with Crippen LogP contribution in [0.5, 0.6) is 0 Å². The van der Waals surface area contributed by atoms with E-state index in [2.05, 4.69) is 20.3 Å². The molecule has 0 radical (unpaired) electrons. The Balaban J connectivity index is 1.73. The Morgan fingerprint density at radius 1 is 1.07 bits per heavy atom.